The van der Waals surface area contributed by atoms with Crippen LogP contribution in [0.3, 0.4) is 0 Å². The van der Waals surface area contributed by atoms with Gasteiger partial charge in [-0.1, -0.05) is 13.8 Å². The molecule has 166 valence electrons. The quantitative estimate of drug-likeness (QED) is 0.553. The summed E-state index contributed by atoms with van der Waals surface area (Å²) in [6.45, 7) is 3.55. The zero-order valence-electron chi connectivity index (χ0n) is 17.0. The summed E-state index contributed by atoms with van der Waals surface area (Å²) in [5, 5.41) is 21.3. The van der Waals surface area contributed by atoms with E-state index in [0.717, 1.165) is 17.0 Å². The molecule has 0 saturated carbocycles. The van der Waals surface area contributed by atoms with E-state index < -0.39 is 35.6 Å². The minimum atomic E-state index is -1.33. The van der Waals surface area contributed by atoms with Gasteiger partial charge in [0.05, 0.1) is 11.9 Å². The van der Waals surface area contributed by atoms with Crippen molar-refractivity contribution in [2.45, 2.75) is 32.7 Å². The van der Waals surface area contributed by atoms with Gasteiger partial charge >= 0.3 is 12.1 Å². The van der Waals surface area contributed by atoms with E-state index in [1.54, 1.807) is 6.07 Å². The number of carboxylic acid groups (broad SMARTS) is 2. The highest BCUT2D eigenvalue weighted by Crippen LogP contribution is 2.15. The van der Waals surface area contributed by atoms with Gasteiger partial charge in [0.15, 0.2) is 0 Å². The molecule has 1 aromatic carbocycles. The second-order valence-electron chi connectivity index (χ2n) is 7.36. The van der Waals surface area contributed by atoms with E-state index in [1.807, 2.05) is 13.8 Å². The van der Waals surface area contributed by atoms with Crippen molar-refractivity contribution in [3.63, 3.8) is 0 Å². The van der Waals surface area contributed by atoms with Crippen molar-refractivity contribution >= 4 is 23.7 Å². The maximum absolute atomic E-state index is 13.2. The second kappa shape index (κ2) is 10.5. The molecule has 2 rings (SSSR count). The van der Waals surface area contributed by atoms with Crippen molar-refractivity contribution in [3.05, 3.63) is 59.4 Å². The molecule has 2 aromatic rings. The summed E-state index contributed by atoms with van der Waals surface area (Å²) in [4.78, 5) is 40.2. The smallest absolute Gasteiger partial charge is 0.408 e. The van der Waals surface area contributed by atoms with Crippen LogP contribution in [0.15, 0.2) is 36.5 Å². The molecule has 0 aliphatic heterocycles. The number of carboxylic acids is 1. The summed E-state index contributed by atoms with van der Waals surface area (Å²) >= 11 is 0. The van der Waals surface area contributed by atoms with Gasteiger partial charge in [0.2, 0.25) is 0 Å². The number of rotatable bonds is 9. The highest BCUT2D eigenvalue weighted by Gasteiger charge is 2.30. The largest absolute Gasteiger partial charge is 0.480 e. The van der Waals surface area contributed by atoms with Gasteiger partial charge in [-0.25, -0.2) is 18.4 Å². The summed E-state index contributed by atoms with van der Waals surface area (Å²) < 4.78 is 26.5. The zero-order chi connectivity index (χ0) is 23.1. The van der Waals surface area contributed by atoms with E-state index >= 15 is 0 Å². The van der Waals surface area contributed by atoms with Crippen LogP contribution in [0.1, 0.15) is 36.3 Å². The van der Waals surface area contributed by atoms with Crippen molar-refractivity contribution in [1.82, 2.24) is 9.88 Å². The summed E-state index contributed by atoms with van der Waals surface area (Å²) in [6, 6.07) is 4.34. The van der Waals surface area contributed by atoms with E-state index in [0.29, 0.717) is 11.8 Å². The average molecular weight is 435 g/mol. The molecule has 31 heavy (non-hydrogen) atoms. The number of nitrogens with one attached hydrogen (secondary N) is 1. The molecular formula is C21H23F2N3O5. The molecule has 0 aliphatic rings. The molecule has 8 nitrogen and oxygen atoms in total. The molecule has 10 heteroatoms. The molecule has 3 N–H and O–H groups in total. The monoisotopic (exact) mass is 435 g/mol. The van der Waals surface area contributed by atoms with Gasteiger partial charge in [-0.05, 0) is 36.6 Å². The van der Waals surface area contributed by atoms with Crippen molar-refractivity contribution in [1.29, 1.82) is 0 Å². The number of halogens is 2. The number of aliphatic carboxylic acids is 1. The lowest BCUT2D eigenvalue weighted by atomic mass is 10.0. The van der Waals surface area contributed by atoms with Crippen molar-refractivity contribution in [3.8, 4) is 0 Å². The van der Waals surface area contributed by atoms with Crippen molar-refractivity contribution in [2.75, 3.05) is 11.9 Å². The molecule has 0 aliphatic carbocycles. The first-order valence-electron chi connectivity index (χ1n) is 9.51. The second-order valence-corrected chi connectivity index (χ2v) is 7.36. The maximum atomic E-state index is 13.2. The van der Waals surface area contributed by atoms with E-state index in [1.165, 1.54) is 12.3 Å². The average Bonchev–Trinajstić information content (AvgIpc) is 2.67. The number of aromatic nitrogens is 1. The molecule has 1 unspecified atom stereocenters. The standard InChI is InChI=1S/C21H23F2N3O5/c1-12(2)7-18(20(28)29)26(21(30)31)6-5-16-3-4-17(11-24-16)25-19(27)13-8-14(22)10-15(23)9-13/h3-4,8-12,18H,5-7H2,1-2H3,(H,25,27)(H,28,29)(H,30,31). The van der Waals surface area contributed by atoms with E-state index in [2.05, 4.69) is 10.3 Å². The van der Waals surface area contributed by atoms with Gasteiger partial charge in [-0.15, -0.1) is 0 Å². The van der Waals surface area contributed by atoms with Crippen molar-refractivity contribution in [2.24, 2.45) is 5.92 Å². The fourth-order valence-electron chi connectivity index (χ4n) is 2.96. The van der Waals surface area contributed by atoms with E-state index in [9.17, 15) is 33.4 Å². The van der Waals surface area contributed by atoms with Crippen LogP contribution in [0, 0.1) is 17.6 Å². The lowest BCUT2D eigenvalue weighted by Gasteiger charge is -2.27. The Morgan fingerprint density at radius 1 is 1.10 bits per heavy atom. The molecule has 1 heterocycles. The van der Waals surface area contributed by atoms with Gasteiger partial charge in [-0.3, -0.25) is 14.7 Å². The normalized spacial score (nSPS) is 11.8. The predicted octanol–water partition coefficient (Wildman–Crippen LogP) is 3.63. The van der Waals surface area contributed by atoms with Gasteiger partial charge in [0.1, 0.15) is 17.7 Å². The van der Waals surface area contributed by atoms with Gasteiger partial charge in [0, 0.05) is 30.3 Å². The van der Waals surface area contributed by atoms with Crippen LogP contribution in [-0.4, -0.2) is 50.7 Å². The molecule has 2 amide bonds. The van der Waals surface area contributed by atoms with Crippen LogP contribution in [-0.2, 0) is 11.2 Å². The van der Waals surface area contributed by atoms with E-state index in [-0.39, 0.29) is 36.6 Å². The number of anilines is 1. The first-order chi connectivity index (χ1) is 14.6. The number of nitrogens with zero attached hydrogens (tertiary/aromatic N) is 2. The summed E-state index contributed by atoms with van der Waals surface area (Å²) in [5.74, 6) is -3.69. The molecule has 0 spiro atoms. The van der Waals surface area contributed by atoms with E-state index in [4.69, 9.17) is 0 Å². The number of hydrogen-bond donors (Lipinski definition) is 3. The molecule has 1 aromatic heterocycles. The molecular weight excluding hydrogens is 412 g/mol. The van der Waals surface area contributed by atoms with Crippen LogP contribution in [0.2, 0.25) is 0 Å². The number of amides is 2. The van der Waals surface area contributed by atoms with Crippen LogP contribution in [0.5, 0.6) is 0 Å². The Labute approximate surface area is 177 Å². The molecule has 0 bridgehead atoms. The highest BCUT2D eigenvalue weighted by atomic mass is 19.1. The number of carbonyl (C=O) groups is 3. The van der Waals surface area contributed by atoms with Crippen molar-refractivity contribution < 1.29 is 33.4 Å². The van der Waals surface area contributed by atoms with Crippen LogP contribution in [0.25, 0.3) is 0 Å². The first kappa shape index (κ1) is 23.7. The Bertz CT molecular complexity index is 930. The van der Waals surface area contributed by atoms with Gasteiger partial charge in [0.25, 0.3) is 5.91 Å². The van der Waals surface area contributed by atoms with Crippen LogP contribution in [0.4, 0.5) is 19.3 Å². The predicted molar refractivity (Wildman–Crippen MR) is 108 cm³/mol. The van der Waals surface area contributed by atoms with Crippen LogP contribution >= 0.6 is 0 Å². The number of hydrogen-bond acceptors (Lipinski definition) is 4. The summed E-state index contributed by atoms with van der Waals surface area (Å²) in [6.07, 6.45) is 0.328. The minimum absolute atomic E-state index is 0.00413. The Morgan fingerprint density at radius 2 is 1.74 bits per heavy atom. The number of carbonyl (C=O) groups excluding carboxylic acids is 1. The minimum Gasteiger partial charge on any atom is -0.480 e. The molecule has 0 radical (unpaired) electrons. The fourth-order valence-corrected chi connectivity index (χ4v) is 2.96. The topological polar surface area (TPSA) is 120 Å². The third-order valence-electron chi connectivity index (χ3n) is 4.42. The zero-order valence-corrected chi connectivity index (χ0v) is 17.0. The first-order valence-corrected chi connectivity index (χ1v) is 9.51. The lowest BCUT2D eigenvalue weighted by molar-refractivity contribution is -0.143. The molecule has 0 saturated heterocycles. The Hall–Kier alpha value is -3.56. The van der Waals surface area contributed by atoms with Crippen LogP contribution < -0.4 is 5.32 Å². The highest BCUT2D eigenvalue weighted by molar-refractivity contribution is 6.04. The Balaban J connectivity index is 2.03. The third-order valence-corrected chi connectivity index (χ3v) is 4.42. The number of benzene rings is 1. The fraction of sp³-hybridized carbons (Fsp3) is 0.333. The lowest BCUT2D eigenvalue weighted by Crippen LogP contribution is -2.46. The van der Waals surface area contributed by atoms with Gasteiger partial charge in [-0.2, -0.15) is 0 Å². The summed E-state index contributed by atoms with van der Waals surface area (Å²) in [7, 11) is 0. The molecule has 0 fully saturated rings. The SMILES string of the molecule is CC(C)CC(C(=O)O)N(CCc1ccc(NC(=O)c2cc(F)cc(F)c2)cn1)C(=O)O. The maximum Gasteiger partial charge on any atom is 0.408 e. The number of pyridine rings is 1. The molecule has 1 atom stereocenters. The Kier molecular flexibility index (Phi) is 8.00. The van der Waals surface area contributed by atoms with Gasteiger partial charge < -0.3 is 15.5 Å². The summed E-state index contributed by atoms with van der Waals surface area (Å²) in [5.41, 5.74) is 0.565. The third kappa shape index (κ3) is 7.02. The Morgan fingerprint density at radius 3 is 2.23 bits per heavy atom.